The van der Waals surface area contributed by atoms with Crippen molar-refractivity contribution in [2.24, 2.45) is 0 Å². The summed E-state index contributed by atoms with van der Waals surface area (Å²) in [6.45, 7) is 6.61. The zero-order valence-electron chi connectivity index (χ0n) is 44.4. The van der Waals surface area contributed by atoms with Crippen molar-refractivity contribution >= 4 is 87.2 Å². The van der Waals surface area contributed by atoms with Gasteiger partial charge in [0, 0.05) is 43.1 Å². The first kappa shape index (κ1) is 56.1. The van der Waals surface area contributed by atoms with Gasteiger partial charge in [-0.3, -0.25) is 0 Å². The van der Waals surface area contributed by atoms with Gasteiger partial charge in [-0.15, -0.1) is 0 Å². The highest BCUT2D eigenvalue weighted by Gasteiger charge is 2.50. The summed E-state index contributed by atoms with van der Waals surface area (Å²) in [4.78, 5) is 0. The monoisotopic (exact) mass is 1200 g/mol. The van der Waals surface area contributed by atoms with E-state index in [1.165, 1.54) is 48.5 Å². The molecule has 0 aliphatic heterocycles. The smallest absolute Gasteiger partial charge is 0.306 e. The summed E-state index contributed by atoms with van der Waals surface area (Å²) in [6, 6.07) is 22.7. The van der Waals surface area contributed by atoms with Gasteiger partial charge in [-0.1, -0.05) is 46.5 Å². The average Bonchev–Trinajstić information content (AvgIpc) is 1.37. The van der Waals surface area contributed by atoms with E-state index in [9.17, 15) is 52.7 Å². The summed E-state index contributed by atoms with van der Waals surface area (Å²) in [5.74, 6) is 0. The van der Waals surface area contributed by atoms with Crippen LogP contribution in [0.5, 0.6) is 0 Å². The second kappa shape index (κ2) is 18.2. The van der Waals surface area contributed by atoms with Crippen molar-refractivity contribution in [2.45, 2.75) is 64.8 Å². The van der Waals surface area contributed by atoms with Crippen LogP contribution in [0.4, 0.5) is 79.0 Å². The first-order valence-electron chi connectivity index (χ1n) is 26.0. The molecule has 4 heterocycles. The molecule has 0 atom stereocenters. The van der Waals surface area contributed by atoms with Crippen LogP contribution >= 0.6 is 0 Å². The maximum atomic E-state index is 18.2. The molecule has 438 valence electrons. The Balaban J connectivity index is 1.43. The molecule has 0 unspecified atom stereocenters. The molecule has 13 aromatic rings. The zero-order valence-corrected chi connectivity index (χ0v) is 44.4. The first-order valence-corrected chi connectivity index (χ1v) is 26.0. The number of aryl methyl sites for hydroxylation is 4. The molecule has 22 heteroatoms. The van der Waals surface area contributed by atoms with Crippen LogP contribution in [0.25, 0.3) is 110 Å². The largest absolute Gasteiger partial charge is 0.420 e. The van der Waals surface area contributed by atoms with Crippen molar-refractivity contribution in [1.29, 1.82) is 0 Å². The number of hydrogen-bond acceptors (Lipinski definition) is 0. The van der Waals surface area contributed by atoms with Gasteiger partial charge in [0.2, 0.25) is 0 Å². The topological polar surface area (TPSA) is 19.7 Å². The lowest BCUT2D eigenvalue weighted by Gasteiger charge is -2.32. The molecule has 86 heavy (non-hydrogen) atoms. The number of rotatable bonds is 4. The Labute approximate surface area is 471 Å². The van der Waals surface area contributed by atoms with Crippen LogP contribution in [0.15, 0.2) is 146 Å². The van der Waals surface area contributed by atoms with Gasteiger partial charge in [0.15, 0.2) is 0 Å². The van der Waals surface area contributed by atoms with Gasteiger partial charge >= 0.3 is 37.1 Å². The maximum absolute atomic E-state index is 18.2. The highest BCUT2D eigenvalue weighted by molar-refractivity contribution is 6.16. The van der Waals surface area contributed by atoms with Crippen LogP contribution in [0.2, 0.25) is 0 Å². The highest BCUT2D eigenvalue weighted by Crippen LogP contribution is 2.57. The Morgan fingerprint density at radius 2 is 0.372 bits per heavy atom. The summed E-state index contributed by atoms with van der Waals surface area (Å²) in [5, 5.41) is -2.51. The fourth-order valence-corrected chi connectivity index (χ4v) is 12.3. The summed E-state index contributed by atoms with van der Waals surface area (Å²) in [7, 11) is 0. The van der Waals surface area contributed by atoms with E-state index < -0.39 is 137 Å². The van der Waals surface area contributed by atoms with Crippen molar-refractivity contribution in [2.75, 3.05) is 0 Å². The van der Waals surface area contributed by atoms with Crippen molar-refractivity contribution in [3.8, 4) is 22.7 Å². The molecule has 0 bridgehead atoms. The lowest BCUT2D eigenvalue weighted by molar-refractivity contribution is -0.141. The molecule has 0 N–H and O–H groups in total. The minimum atomic E-state index is -6.02. The van der Waals surface area contributed by atoms with Crippen molar-refractivity contribution in [3.05, 3.63) is 201 Å². The number of halogens is 18. The highest BCUT2D eigenvalue weighted by atomic mass is 19.4. The van der Waals surface area contributed by atoms with E-state index in [0.29, 0.717) is 104 Å². The number of hydrogen-bond donors (Lipinski definition) is 0. The van der Waals surface area contributed by atoms with Crippen LogP contribution < -0.4 is 0 Å². The minimum Gasteiger partial charge on any atom is -0.306 e. The van der Waals surface area contributed by atoms with E-state index >= 15 is 26.3 Å². The molecule has 0 amide bonds. The first-order chi connectivity index (χ1) is 40.1. The Morgan fingerprint density at radius 3 is 0.535 bits per heavy atom. The van der Waals surface area contributed by atoms with Gasteiger partial charge in [-0.25, -0.2) is 0 Å². The lowest BCUT2D eigenvalue weighted by atomic mass is 9.96. The Bertz CT molecular complexity index is 4490. The molecule has 0 aliphatic rings. The van der Waals surface area contributed by atoms with E-state index in [-0.39, 0.29) is 43.6 Å². The predicted molar refractivity (Wildman–Crippen MR) is 293 cm³/mol. The van der Waals surface area contributed by atoms with E-state index in [1.807, 2.05) is 0 Å². The molecule has 13 rings (SSSR count). The third kappa shape index (κ3) is 8.54. The zero-order chi connectivity index (χ0) is 61.6. The van der Waals surface area contributed by atoms with Gasteiger partial charge in [-0.05, 0) is 149 Å². The fraction of sp³-hybridized carbons (Fsp3) is 0.156. The average molecular weight is 1200 g/mol. The van der Waals surface area contributed by atoms with Gasteiger partial charge in [-0.2, -0.15) is 79.0 Å². The van der Waals surface area contributed by atoms with Crippen LogP contribution in [0.1, 0.15) is 55.6 Å². The van der Waals surface area contributed by atoms with Crippen molar-refractivity contribution in [3.63, 3.8) is 0 Å². The van der Waals surface area contributed by atoms with Crippen molar-refractivity contribution in [1.82, 2.24) is 18.3 Å². The normalized spacial score (nSPS) is 13.5. The van der Waals surface area contributed by atoms with Gasteiger partial charge in [0.05, 0.1) is 89.1 Å². The Morgan fingerprint density at radius 1 is 0.209 bits per heavy atom. The molecular weight excluding hydrogens is 1170 g/mol. The van der Waals surface area contributed by atoms with Crippen molar-refractivity contribution < 1.29 is 79.0 Å². The Kier molecular flexibility index (Phi) is 11.9. The van der Waals surface area contributed by atoms with Crippen LogP contribution in [-0.2, 0) is 37.1 Å². The number of nitrogens with zero attached hydrogens (tertiary/aromatic N) is 4. The number of benzene rings is 9. The molecule has 4 aromatic heterocycles. The van der Waals surface area contributed by atoms with Crippen LogP contribution in [-0.4, -0.2) is 18.3 Å². The summed E-state index contributed by atoms with van der Waals surface area (Å²) < 4.78 is 290. The molecule has 4 nitrogen and oxygen atoms in total. The van der Waals surface area contributed by atoms with E-state index in [1.54, 1.807) is 52.0 Å². The minimum absolute atomic E-state index is 0.134. The maximum Gasteiger partial charge on any atom is 0.420 e. The predicted octanol–water partition coefficient (Wildman–Crippen LogP) is 21.4. The molecule has 0 saturated carbocycles. The van der Waals surface area contributed by atoms with Gasteiger partial charge < -0.3 is 18.3 Å². The molecule has 9 aromatic carbocycles. The second-order valence-electron chi connectivity index (χ2n) is 21.5. The number of alkyl halides is 18. The summed E-state index contributed by atoms with van der Waals surface area (Å²) >= 11 is 0. The third-order valence-electron chi connectivity index (χ3n) is 15.8. The fourth-order valence-electron chi connectivity index (χ4n) is 12.3. The quantitative estimate of drug-likeness (QED) is 0.157. The number of aromatic nitrogens is 4. The molecule has 0 saturated heterocycles. The number of fused-ring (bicyclic) bond motifs is 12. The molecule has 0 aliphatic carbocycles. The van der Waals surface area contributed by atoms with E-state index in [4.69, 9.17) is 0 Å². The SMILES string of the molecule is Cc1ccc2c(c1)c1cc(C)ccc1n2-c1c(-n2c3ccc(C)cc3c3cc(C)ccc32)c(C(F)(F)F)c(-n2c3ccc(C(F)(F)F)cc3c3cc(C(F)(F)F)ccc32)c(-n2c3ccc(C(F)(F)F)cc3c3cc(C(F)(F)F)ccc32)c1C(F)(F)F. The molecular formula is C64H36F18N4. The summed E-state index contributed by atoms with van der Waals surface area (Å²) in [6.07, 6.45) is -33.2. The standard InChI is InChI=1S/C64H36F18N4/c1-29-5-13-45-37(21-29)38-22-30(2)6-14-46(38)83(45)55-53(63(77,78)79)57(85-49-17-9-33(59(65,66)67)25-41(49)42-26-34(60(68,69)70)10-18-50(42)85)58(86-51-19-11-35(61(71,72)73)27-43(51)44-28-36(62(74,75)76)12-20-52(44)86)54(64(80,81)82)56(55)84-47-15-7-31(3)23-39(47)40-24-32(4)8-16-48(40)84/h5-28H,1-4H3. The Hall–Kier alpha value is -9.08. The second-order valence-corrected chi connectivity index (χ2v) is 21.5. The molecule has 0 spiro atoms. The van der Waals surface area contributed by atoms with Gasteiger partial charge in [0.1, 0.15) is 11.1 Å². The van der Waals surface area contributed by atoms with Crippen LogP contribution in [0, 0.1) is 27.7 Å². The van der Waals surface area contributed by atoms with Gasteiger partial charge in [0.25, 0.3) is 0 Å². The lowest BCUT2D eigenvalue weighted by Crippen LogP contribution is -2.26. The van der Waals surface area contributed by atoms with E-state index in [0.717, 1.165) is 9.13 Å². The molecule has 0 radical (unpaired) electrons. The summed E-state index contributed by atoms with van der Waals surface area (Å²) in [5.41, 5.74) is -17.8. The van der Waals surface area contributed by atoms with E-state index in [2.05, 4.69) is 0 Å². The third-order valence-corrected chi connectivity index (χ3v) is 15.8. The van der Waals surface area contributed by atoms with Crippen LogP contribution in [0.3, 0.4) is 0 Å². The molecule has 0 fully saturated rings.